The fourth-order valence-corrected chi connectivity index (χ4v) is 1.91. The number of fused-ring (bicyclic) bond motifs is 1. The number of anilines is 1. The zero-order chi connectivity index (χ0) is 13.2. The van der Waals surface area contributed by atoms with Crippen LogP contribution in [0.1, 0.15) is 20.3 Å². The van der Waals surface area contributed by atoms with Gasteiger partial charge in [0.1, 0.15) is 0 Å². The van der Waals surface area contributed by atoms with E-state index in [1.54, 1.807) is 6.20 Å². The molecule has 1 aromatic carbocycles. The van der Waals surface area contributed by atoms with Crippen LogP contribution in [0.25, 0.3) is 10.9 Å². The summed E-state index contributed by atoms with van der Waals surface area (Å²) in [6.45, 7) is 4.25. The second kappa shape index (κ2) is 5.12. The molecule has 0 saturated heterocycles. The molecule has 1 aromatic heterocycles. The summed E-state index contributed by atoms with van der Waals surface area (Å²) in [4.78, 5) is 4.34. The first-order valence-electron chi connectivity index (χ1n) is 6.03. The van der Waals surface area contributed by atoms with E-state index in [4.69, 9.17) is 11.6 Å². The molecule has 1 atom stereocenters. The monoisotopic (exact) mass is 264 g/mol. The van der Waals surface area contributed by atoms with Crippen LogP contribution in [0.3, 0.4) is 0 Å². The van der Waals surface area contributed by atoms with E-state index in [-0.39, 0.29) is 0 Å². The molecule has 0 spiro atoms. The van der Waals surface area contributed by atoms with Crippen molar-refractivity contribution in [3.8, 4) is 0 Å². The summed E-state index contributed by atoms with van der Waals surface area (Å²) in [6, 6.07) is 7.53. The number of rotatable bonds is 4. The molecule has 1 unspecified atom stereocenters. The number of nitrogens with one attached hydrogen (secondary N) is 1. The van der Waals surface area contributed by atoms with Crippen molar-refractivity contribution in [2.45, 2.75) is 25.9 Å². The van der Waals surface area contributed by atoms with E-state index in [2.05, 4.69) is 10.3 Å². The molecule has 2 N–H and O–H groups in total. The van der Waals surface area contributed by atoms with Gasteiger partial charge in [-0.25, -0.2) is 0 Å². The first-order valence-corrected chi connectivity index (χ1v) is 6.41. The van der Waals surface area contributed by atoms with Gasteiger partial charge in [0.2, 0.25) is 0 Å². The molecule has 0 radical (unpaired) electrons. The molecule has 1 heterocycles. The van der Waals surface area contributed by atoms with Crippen LogP contribution < -0.4 is 5.32 Å². The van der Waals surface area contributed by atoms with Gasteiger partial charge in [-0.2, -0.15) is 0 Å². The molecule has 0 saturated carbocycles. The number of nitrogens with zero attached hydrogens (tertiary/aromatic N) is 1. The number of hydrogen-bond donors (Lipinski definition) is 2. The Balaban J connectivity index is 2.32. The summed E-state index contributed by atoms with van der Waals surface area (Å²) in [7, 11) is 0. The van der Waals surface area contributed by atoms with Crippen molar-refractivity contribution in [2.24, 2.45) is 0 Å². The Bertz CT molecular complexity index is 554. The fraction of sp³-hybridized carbons (Fsp3) is 0.357. The third-order valence-electron chi connectivity index (χ3n) is 3.14. The van der Waals surface area contributed by atoms with Crippen molar-refractivity contribution in [1.82, 2.24) is 4.98 Å². The molecule has 0 aliphatic rings. The van der Waals surface area contributed by atoms with E-state index in [9.17, 15) is 5.11 Å². The van der Waals surface area contributed by atoms with Crippen LogP contribution in [0.4, 0.5) is 5.69 Å². The maximum Gasteiger partial charge on any atom is 0.0948 e. The topological polar surface area (TPSA) is 45.1 Å². The molecule has 96 valence electrons. The van der Waals surface area contributed by atoms with Crippen molar-refractivity contribution in [2.75, 3.05) is 11.9 Å². The van der Waals surface area contributed by atoms with E-state index in [0.717, 1.165) is 16.6 Å². The molecule has 18 heavy (non-hydrogen) atoms. The number of hydrogen-bond acceptors (Lipinski definition) is 3. The van der Waals surface area contributed by atoms with Gasteiger partial charge in [0, 0.05) is 18.1 Å². The highest BCUT2D eigenvalue weighted by molar-refractivity contribution is 6.35. The summed E-state index contributed by atoms with van der Waals surface area (Å²) in [5.41, 5.74) is 1.00. The summed E-state index contributed by atoms with van der Waals surface area (Å²) >= 11 is 6.13. The Morgan fingerprint density at radius 2 is 2.17 bits per heavy atom. The van der Waals surface area contributed by atoms with E-state index < -0.39 is 5.60 Å². The predicted molar refractivity (Wildman–Crippen MR) is 76.2 cm³/mol. The van der Waals surface area contributed by atoms with Crippen LogP contribution in [0.5, 0.6) is 0 Å². The average Bonchev–Trinajstić information content (AvgIpc) is 2.38. The molecule has 4 heteroatoms. The molecule has 0 amide bonds. The standard InChI is InChI=1S/C14H17ClN2O/c1-3-14(2,18)9-17-12-7-6-11(15)10-5-4-8-16-13(10)12/h4-8,17-18H,3,9H2,1-2H3. The Kier molecular flexibility index (Phi) is 3.73. The summed E-state index contributed by atoms with van der Waals surface area (Å²) in [5.74, 6) is 0. The van der Waals surface area contributed by atoms with E-state index in [1.165, 1.54) is 0 Å². The first kappa shape index (κ1) is 13.1. The number of pyridine rings is 1. The molecule has 0 aliphatic carbocycles. The van der Waals surface area contributed by atoms with Crippen molar-refractivity contribution in [3.63, 3.8) is 0 Å². The fourth-order valence-electron chi connectivity index (χ4n) is 1.69. The first-order chi connectivity index (χ1) is 8.53. The number of halogens is 1. The summed E-state index contributed by atoms with van der Waals surface area (Å²) in [5, 5.41) is 14.8. The molecule has 3 nitrogen and oxygen atoms in total. The van der Waals surface area contributed by atoms with E-state index >= 15 is 0 Å². The van der Waals surface area contributed by atoms with E-state index in [0.29, 0.717) is 18.0 Å². The summed E-state index contributed by atoms with van der Waals surface area (Å²) in [6.07, 6.45) is 2.43. The zero-order valence-electron chi connectivity index (χ0n) is 10.6. The normalized spacial score (nSPS) is 14.4. The van der Waals surface area contributed by atoms with Gasteiger partial charge in [0.05, 0.1) is 21.8 Å². The van der Waals surface area contributed by atoms with Crippen molar-refractivity contribution >= 4 is 28.2 Å². The van der Waals surface area contributed by atoms with Gasteiger partial charge >= 0.3 is 0 Å². The minimum absolute atomic E-state index is 0.483. The molecule has 0 fully saturated rings. The third-order valence-corrected chi connectivity index (χ3v) is 3.47. The maximum absolute atomic E-state index is 10.0. The minimum atomic E-state index is -0.721. The zero-order valence-corrected chi connectivity index (χ0v) is 11.3. The van der Waals surface area contributed by atoms with Gasteiger partial charge in [-0.1, -0.05) is 18.5 Å². The third kappa shape index (κ3) is 2.74. The number of aliphatic hydroxyl groups is 1. The Labute approximate surface area is 112 Å². The number of benzene rings is 1. The minimum Gasteiger partial charge on any atom is -0.388 e. The second-order valence-electron chi connectivity index (χ2n) is 4.70. The lowest BCUT2D eigenvalue weighted by molar-refractivity contribution is 0.0698. The van der Waals surface area contributed by atoms with Gasteiger partial charge in [-0.3, -0.25) is 4.98 Å². The van der Waals surface area contributed by atoms with E-state index in [1.807, 2.05) is 38.1 Å². The highest BCUT2D eigenvalue weighted by Gasteiger charge is 2.17. The van der Waals surface area contributed by atoms with Crippen LogP contribution in [0.15, 0.2) is 30.5 Å². The largest absolute Gasteiger partial charge is 0.388 e. The van der Waals surface area contributed by atoms with Gasteiger partial charge in [0.15, 0.2) is 0 Å². The van der Waals surface area contributed by atoms with Gasteiger partial charge < -0.3 is 10.4 Å². The maximum atomic E-state index is 10.0. The average molecular weight is 265 g/mol. The molecular formula is C14H17ClN2O. The highest BCUT2D eigenvalue weighted by atomic mass is 35.5. The lowest BCUT2D eigenvalue weighted by Crippen LogP contribution is -2.32. The van der Waals surface area contributed by atoms with Gasteiger partial charge in [-0.15, -0.1) is 0 Å². The lowest BCUT2D eigenvalue weighted by atomic mass is 10.0. The SMILES string of the molecule is CCC(C)(O)CNc1ccc(Cl)c2cccnc12. The van der Waals surface area contributed by atoms with Crippen LogP contribution in [-0.4, -0.2) is 22.2 Å². The van der Waals surface area contributed by atoms with Crippen molar-refractivity contribution in [1.29, 1.82) is 0 Å². The molecular weight excluding hydrogens is 248 g/mol. The Morgan fingerprint density at radius 3 is 2.89 bits per heavy atom. The van der Waals surface area contributed by atoms with Crippen molar-refractivity contribution in [3.05, 3.63) is 35.5 Å². The highest BCUT2D eigenvalue weighted by Crippen LogP contribution is 2.28. The second-order valence-corrected chi connectivity index (χ2v) is 5.11. The van der Waals surface area contributed by atoms with Gasteiger partial charge in [-0.05, 0) is 37.6 Å². The molecule has 2 aromatic rings. The lowest BCUT2D eigenvalue weighted by Gasteiger charge is -2.22. The van der Waals surface area contributed by atoms with Crippen LogP contribution in [-0.2, 0) is 0 Å². The van der Waals surface area contributed by atoms with Crippen LogP contribution >= 0.6 is 11.6 Å². The Morgan fingerprint density at radius 1 is 1.39 bits per heavy atom. The molecule has 0 aliphatic heterocycles. The van der Waals surface area contributed by atoms with Crippen LogP contribution in [0, 0.1) is 0 Å². The van der Waals surface area contributed by atoms with Crippen molar-refractivity contribution < 1.29 is 5.11 Å². The number of aromatic nitrogens is 1. The van der Waals surface area contributed by atoms with Crippen LogP contribution in [0.2, 0.25) is 5.02 Å². The summed E-state index contributed by atoms with van der Waals surface area (Å²) < 4.78 is 0. The Hall–Kier alpha value is -1.32. The predicted octanol–water partition coefficient (Wildman–Crippen LogP) is 3.46. The molecule has 0 bridgehead atoms. The quantitative estimate of drug-likeness (QED) is 0.889. The van der Waals surface area contributed by atoms with Gasteiger partial charge in [0.25, 0.3) is 0 Å². The smallest absolute Gasteiger partial charge is 0.0948 e. The molecule has 2 rings (SSSR count).